The molecule has 0 saturated carbocycles. The van der Waals surface area contributed by atoms with Gasteiger partial charge in [0.2, 0.25) is 0 Å². The molecule has 0 amide bonds. The maximum Gasteiger partial charge on any atom is 0.262 e. The van der Waals surface area contributed by atoms with Crippen LogP contribution in [0.3, 0.4) is 0 Å². The number of nitrogens with one attached hydrogen (secondary N) is 1. The molecule has 0 radical (unpaired) electrons. The Labute approximate surface area is 125 Å². The summed E-state index contributed by atoms with van der Waals surface area (Å²) in [6.45, 7) is 0.103. The van der Waals surface area contributed by atoms with Gasteiger partial charge in [-0.25, -0.2) is 12.8 Å². The summed E-state index contributed by atoms with van der Waals surface area (Å²) in [5.41, 5.74) is 6.17. The smallest absolute Gasteiger partial charge is 0.262 e. The SMILES string of the molecule is NCc1ccccc1S(=O)(=O)Nc1ccc(Br)c(F)c1. The molecular weight excluding hydrogens is 347 g/mol. The van der Waals surface area contributed by atoms with Crippen LogP contribution in [0.5, 0.6) is 0 Å². The topological polar surface area (TPSA) is 72.2 Å². The van der Waals surface area contributed by atoms with Crippen LogP contribution in [0.15, 0.2) is 51.8 Å². The fourth-order valence-corrected chi connectivity index (χ4v) is 3.25. The van der Waals surface area contributed by atoms with Gasteiger partial charge in [-0.3, -0.25) is 4.72 Å². The van der Waals surface area contributed by atoms with E-state index in [2.05, 4.69) is 20.7 Å². The number of hydrogen-bond acceptors (Lipinski definition) is 3. The largest absolute Gasteiger partial charge is 0.326 e. The summed E-state index contributed by atoms with van der Waals surface area (Å²) in [5, 5.41) is 0. The molecule has 106 valence electrons. The second-order valence-corrected chi connectivity index (χ2v) is 6.55. The Bertz CT molecular complexity index is 735. The first-order valence-electron chi connectivity index (χ1n) is 5.70. The maximum atomic E-state index is 13.4. The highest BCUT2D eigenvalue weighted by atomic mass is 79.9. The van der Waals surface area contributed by atoms with Crippen LogP contribution in [0.4, 0.5) is 10.1 Å². The average molecular weight is 359 g/mol. The molecule has 2 rings (SSSR count). The molecule has 0 aliphatic rings. The molecule has 0 atom stereocenters. The van der Waals surface area contributed by atoms with Crippen molar-refractivity contribution in [3.8, 4) is 0 Å². The van der Waals surface area contributed by atoms with Gasteiger partial charge >= 0.3 is 0 Å². The van der Waals surface area contributed by atoms with E-state index in [-0.39, 0.29) is 21.6 Å². The van der Waals surface area contributed by atoms with Gasteiger partial charge in [-0.1, -0.05) is 18.2 Å². The van der Waals surface area contributed by atoms with Crippen molar-refractivity contribution in [2.24, 2.45) is 5.73 Å². The maximum absolute atomic E-state index is 13.4. The molecule has 2 aromatic rings. The Hall–Kier alpha value is -1.44. The van der Waals surface area contributed by atoms with Crippen molar-refractivity contribution < 1.29 is 12.8 Å². The molecule has 20 heavy (non-hydrogen) atoms. The molecular formula is C13H12BrFN2O2S. The van der Waals surface area contributed by atoms with Crippen molar-refractivity contribution in [1.82, 2.24) is 0 Å². The highest BCUT2D eigenvalue weighted by molar-refractivity contribution is 9.10. The highest BCUT2D eigenvalue weighted by Crippen LogP contribution is 2.23. The van der Waals surface area contributed by atoms with E-state index in [9.17, 15) is 12.8 Å². The molecule has 3 N–H and O–H groups in total. The number of benzene rings is 2. The molecule has 2 aromatic carbocycles. The lowest BCUT2D eigenvalue weighted by atomic mass is 10.2. The second kappa shape index (κ2) is 5.90. The Morgan fingerprint density at radius 2 is 1.90 bits per heavy atom. The standard InChI is InChI=1S/C13H12BrFN2O2S/c14-11-6-5-10(7-12(11)15)17-20(18,19)13-4-2-1-3-9(13)8-16/h1-7,17H,8,16H2. The van der Waals surface area contributed by atoms with E-state index in [1.54, 1.807) is 18.2 Å². The summed E-state index contributed by atoms with van der Waals surface area (Å²) >= 11 is 3.01. The first kappa shape index (κ1) is 15.0. The third-order valence-electron chi connectivity index (χ3n) is 2.65. The monoisotopic (exact) mass is 358 g/mol. The van der Waals surface area contributed by atoms with E-state index in [0.717, 1.165) is 6.07 Å². The van der Waals surface area contributed by atoms with Gasteiger partial charge in [0.15, 0.2) is 0 Å². The Morgan fingerprint density at radius 3 is 2.55 bits per heavy atom. The fourth-order valence-electron chi connectivity index (χ4n) is 1.70. The summed E-state index contributed by atoms with van der Waals surface area (Å²) in [6, 6.07) is 10.4. The van der Waals surface area contributed by atoms with Crippen molar-refractivity contribution in [1.29, 1.82) is 0 Å². The molecule has 0 saturated heterocycles. The molecule has 4 nitrogen and oxygen atoms in total. The molecule has 0 fully saturated rings. The summed E-state index contributed by atoms with van der Waals surface area (Å²) in [5.74, 6) is -0.544. The minimum Gasteiger partial charge on any atom is -0.326 e. The van der Waals surface area contributed by atoms with E-state index in [4.69, 9.17) is 5.73 Å². The van der Waals surface area contributed by atoms with Crippen LogP contribution in [0, 0.1) is 5.82 Å². The second-order valence-electron chi connectivity index (χ2n) is 4.05. The molecule has 0 bridgehead atoms. The van der Waals surface area contributed by atoms with E-state index in [0.29, 0.717) is 5.56 Å². The van der Waals surface area contributed by atoms with Gasteiger partial charge in [0.25, 0.3) is 10.0 Å². The fraction of sp³-hybridized carbons (Fsp3) is 0.0769. The zero-order valence-corrected chi connectivity index (χ0v) is 12.7. The van der Waals surface area contributed by atoms with Gasteiger partial charge in [-0.2, -0.15) is 0 Å². The average Bonchev–Trinajstić information content (AvgIpc) is 2.42. The third-order valence-corrected chi connectivity index (χ3v) is 4.78. The number of sulfonamides is 1. The lowest BCUT2D eigenvalue weighted by molar-refractivity contribution is 0.600. The molecule has 7 heteroatoms. The number of anilines is 1. The zero-order valence-electron chi connectivity index (χ0n) is 10.3. The van der Waals surface area contributed by atoms with E-state index < -0.39 is 15.8 Å². The van der Waals surface area contributed by atoms with Crippen LogP contribution in [-0.4, -0.2) is 8.42 Å². The molecule has 0 unspecified atom stereocenters. The van der Waals surface area contributed by atoms with Crippen LogP contribution in [0.2, 0.25) is 0 Å². The quantitative estimate of drug-likeness (QED) is 0.882. The van der Waals surface area contributed by atoms with Crippen LogP contribution >= 0.6 is 15.9 Å². The number of nitrogens with two attached hydrogens (primary N) is 1. The predicted molar refractivity (Wildman–Crippen MR) is 79.2 cm³/mol. The van der Waals surface area contributed by atoms with E-state index in [1.807, 2.05) is 0 Å². The molecule has 0 aliphatic carbocycles. The van der Waals surface area contributed by atoms with Gasteiger partial charge in [0.05, 0.1) is 15.1 Å². The van der Waals surface area contributed by atoms with E-state index >= 15 is 0 Å². The molecule has 0 aliphatic heterocycles. The van der Waals surface area contributed by atoms with Crippen LogP contribution in [-0.2, 0) is 16.6 Å². The van der Waals surface area contributed by atoms with E-state index in [1.165, 1.54) is 18.2 Å². The first-order chi connectivity index (χ1) is 9.44. The Balaban J connectivity index is 2.38. The molecule has 0 heterocycles. The lowest BCUT2D eigenvalue weighted by Crippen LogP contribution is -2.16. The van der Waals surface area contributed by atoms with Crippen molar-refractivity contribution in [2.45, 2.75) is 11.4 Å². The minimum absolute atomic E-state index is 0.0887. The van der Waals surface area contributed by atoms with Crippen LogP contribution in [0.1, 0.15) is 5.56 Å². The van der Waals surface area contributed by atoms with Crippen molar-refractivity contribution in [2.75, 3.05) is 4.72 Å². The Kier molecular flexibility index (Phi) is 4.42. The predicted octanol–water partition coefficient (Wildman–Crippen LogP) is 2.85. The number of rotatable bonds is 4. The molecule has 0 aromatic heterocycles. The van der Waals surface area contributed by atoms with Crippen LogP contribution in [0.25, 0.3) is 0 Å². The third kappa shape index (κ3) is 3.17. The summed E-state index contributed by atoms with van der Waals surface area (Å²) in [7, 11) is -3.80. The van der Waals surface area contributed by atoms with Crippen LogP contribution < -0.4 is 10.5 Å². The van der Waals surface area contributed by atoms with Gasteiger partial charge in [0, 0.05) is 6.54 Å². The Morgan fingerprint density at radius 1 is 1.20 bits per heavy atom. The van der Waals surface area contributed by atoms with Crippen molar-refractivity contribution >= 4 is 31.6 Å². The summed E-state index contributed by atoms with van der Waals surface area (Å²) in [6.07, 6.45) is 0. The number of hydrogen-bond donors (Lipinski definition) is 2. The van der Waals surface area contributed by atoms with Gasteiger partial charge in [-0.05, 0) is 45.8 Å². The number of halogens is 2. The summed E-state index contributed by atoms with van der Waals surface area (Å²) < 4.78 is 40.6. The molecule has 0 spiro atoms. The normalized spacial score (nSPS) is 11.3. The summed E-state index contributed by atoms with van der Waals surface area (Å²) in [4.78, 5) is 0.0887. The van der Waals surface area contributed by atoms with Crippen molar-refractivity contribution in [3.63, 3.8) is 0 Å². The first-order valence-corrected chi connectivity index (χ1v) is 7.97. The van der Waals surface area contributed by atoms with Gasteiger partial charge in [-0.15, -0.1) is 0 Å². The van der Waals surface area contributed by atoms with Gasteiger partial charge in [0.1, 0.15) is 5.82 Å². The minimum atomic E-state index is -3.80. The van der Waals surface area contributed by atoms with Crippen molar-refractivity contribution in [3.05, 3.63) is 58.3 Å². The lowest BCUT2D eigenvalue weighted by Gasteiger charge is -2.11. The van der Waals surface area contributed by atoms with Gasteiger partial charge < -0.3 is 5.73 Å². The zero-order chi connectivity index (χ0) is 14.8. The highest BCUT2D eigenvalue weighted by Gasteiger charge is 2.18.